The molecule has 104 valence electrons. The van der Waals surface area contributed by atoms with Crippen molar-refractivity contribution in [2.75, 3.05) is 17.9 Å². The van der Waals surface area contributed by atoms with Crippen LogP contribution in [0.25, 0.3) is 0 Å². The van der Waals surface area contributed by atoms with Crippen molar-refractivity contribution >= 4 is 35.0 Å². The molecule has 9 heteroatoms. The average molecular weight is 314 g/mol. The van der Waals surface area contributed by atoms with Crippen molar-refractivity contribution in [3.8, 4) is 11.5 Å². The van der Waals surface area contributed by atoms with Gasteiger partial charge in [-0.1, -0.05) is 11.6 Å². The Kier molecular flexibility index (Phi) is 4.00. The predicted molar refractivity (Wildman–Crippen MR) is 64.7 cm³/mol. The normalized spacial score (nSPS) is 13.5. The number of carbonyl (C=O) groups excluding carboxylic acids is 1. The molecule has 1 aliphatic rings. The first-order valence-electron chi connectivity index (χ1n) is 4.95. The molecular formula is C10H7ClF3NO3S. The molecule has 1 aromatic carbocycles. The van der Waals surface area contributed by atoms with E-state index in [0.717, 1.165) is 0 Å². The lowest BCUT2D eigenvalue weighted by atomic mass is 10.2. The molecule has 0 radical (unpaired) electrons. The lowest BCUT2D eigenvalue weighted by molar-refractivity contribution is -0.114. The van der Waals surface area contributed by atoms with E-state index in [9.17, 15) is 18.0 Å². The van der Waals surface area contributed by atoms with Crippen LogP contribution in [0, 0.1) is 0 Å². The summed E-state index contributed by atoms with van der Waals surface area (Å²) in [6.07, 6.45) is 0. The summed E-state index contributed by atoms with van der Waals surface area (Å²) in [5, 5.41) is 2.45. The van der Waals surface area contributed by atoms with Gasteiger partial charge in [-0.2, -0.15) is 13.2 Å². The summed E-state index contributed by atoms with van der Waals surface area (Å²) in [6.45, 7) is 0.0347. The van der Waals surface area contributed by atoms with Crippen molar-refractivity contribution in [2.24, 2.45) is 0 Å². The van der Waals surface area contributed by atoms with Crippen LogP contribution in [0.1, 0.15) is 0 Å². The van der Waals surface area contributed by atoms with Crippen molar-refractivity contribution < 1.29 is 27.4 Å². The second-order valence-electron chi connectivity index (χ2n) is 3.47. The first kappa shape index (κ1) is 14.1. The Morgan fingerprint density at radius 3 is 2.63 bits per heavy atom. The van der Waals surface area contributed by atoms with Gasteiger partial charge >= 0.3 is 5.51 Å². The van der Waals surface area contributed by atoms with Gasteiger partial charge in [-0.05, 0) is 11.8 Å². The van der Waals surface area contributed by atoms with Gasteiger partial charge in [-0.15, -0.1) is 0 Å². The smallest absolute Gasteiger partial charge is 0.442 e. The van der Waals surface area contributed by atoms with Gasteiger partial charge in [0, 0.05) is 12.1 Å². The van der Waals surface area contributed by atoms with Crippen LogP contribution in [0.5, 0.6) is 11.5 Å². The number of thioether (sulfide) groups is 1. The molecular weight excluding hydrogens is 307 g/mol. The third-order valence-electron chi connectivity index (χ3n) is 2.10. The van der Waals surface area contributed by atoms with Gasteiger partial charge in [0.15, 0.2) is 11.5 Å². The predicted octanol–water partition coefficient (Wildman–Crippen LogP) is 3.26. The van der Waals surface area contributed by atoms with Crippen LogP contribution in [0.2, 0.25) is 5.02 Å². The summed E-state index contributed by atoms with van der Waals surface area (Å²) in [7, 11) is 0. The lowest BCUT2D eigenvalue weighted by Crippen LogP contribution is -2.17. The van der Waals surface area contributed by atoms with Crippen LogP contribution in [0.3, 0.4) is 0 Å². The molecule has 1 heterocycles. The van der Waals surface area contributed by atoms with E-state index < -0.39 is 28.9 Å². The number of anilines is 1. The number of hydrogen-bond donors (Lipinski definition) is 1. The molecule has 19 heavy (non-hydrogen) atoms. The average Bonchev–Trinajstić information content (AvgIpc) is 2.73. The van der Waals surface area contributed by atoms with E-state index in [1.807, 2.05) is 0 Å². The summed E-state index contributed by atoms with van der Waals surface area (Å²) in [4.78, 5) is 11.3. The van der Waals surface area contributed by atoms with Crippen LogP contribution < -0.4 is 14.8 Å². The zero-order valence-corrected chi connectivity index (χ0v) is 10.8. The SMILES string of the molecule is O=C(CSC(F)(F)F)Nc1cc2c(cc1Cl)OCO2. The van der Waals surface area contributed by atoms with Crippen molar-refractivity contribution in [3.63, 3.8) is 0 Å². The fraction of sp³-hybridized carbons (Fsp3) is 0.300. The Morgan fingerprint density at radius 1 is 1.37 bits per heavy atom. The summed E-state index contributed by atoms with van der Waals surface area (Å²) >= 11 is 5.44. The lowest BCUT2D eigenvalue weighted by Gasteiger charge is -2.09. The summed E-state index contributed by atoms with van der Waals surface area (Å²) in [5.41, 5.74) is -4.27. The number of hydrogen-bond acceptors (Lipinski definition) is 4. The Morgan fingerprint density at radius 2 is 2.00 bits per heavy atom. The molecule has 1 amide bonds. The summed E-state index contributed by atoms with van der Waals surface area (Å²) in [5.74, 6) is -0.743. The minimum Gasteiger partial charge on any atom is -0.454 e. The molecule has 0 bridgehead atoms. The first-order valence-corrected chi connectivity index (χ1v) is 6.31. The molecule has 0 aromatic heterocycles. The van der Waals surface area contributed by atoms with Crippen LogP contribution in [-0.4, -0.2) is 24.0 Å². The van der Waals surface area contributed by atoms with Crippen molar-refractivity contribution in [1.29, 1.82) is 0 Å². The Labute approximate surface area is 115 Å². The minimum atomic E-state index is -4.45. The molecule has 0 unspecified atom stereocenters. The Hall–Kier alpha value is -1.28. The molecule has 0 aliphatic carbocycles. The molecule has 4 nitrogen and oxygen atoms in total. The fourth-order valence-corrected chi connectivity index (χ4v) is 1.91. The number of fused-ring (bicyclic) bond motifs is 1. The third kappa shape index (κ3) is 3.84. The summed E-state index contributed by atoms with van der Waals surface area (Å²) < 4.78 is 45.9. The highest BCUT2D eigenvalue weighted by Gasteiger charge is 2.29. The number of rotatable bonds is 3. The summed E-state index contributed by atoms with van der Waals surface area (Å²) in [6, 6.07) is 2.83. The maximum atomic E-state index is 11.9. The number of carbonyl (C=O) groups is 1. The van der Waals surface area contributed by atoms with Crippen molar-refractivity contribution in [2.45, 2.75) is 5.51 Å². The minimum absolute atomic E-state index is 0.0347. The fourth-order valence-electron chi connectivity index (χ4n) is 1.35. The maximum absolute atomic E-state index is 11.9. The van der Waals surface area contributed by atoms with Crippen LogP contribution in [-0.2, 0) is 4.79 Å². The van der Waals surface area contributed by atoms with Gasteiger partial charge in [0.05, 0.1) is 16.5 Å². The van der Waals surface area contributed by atoms with Crippen LogP contribution in [0.15, 0.2) is 12.1 Å². The molecule has 2 rings (SSSR count). The second-order valence-corrected chi connectivity index (χ2v) is 4.92. The Balaban J connectivity index is 2.01. The number of nitrogens with one attached hydrogen (secondary N) is 1. The van der Waals surface area contributed by atoms with Crippen LogP contribution in [0.4, 0.5) is 18.9 Å². The van der Waals surface area contributed by atoms with Gasteiger partial charge in [-0.3, -0.25) is 4.79 Å². The third-order valence-corrected chi connectivity index (χ3v) is 3.15. The van der Waals surface area contributed by atoms with Crippen LogP contribution >= 0.6 is 23.4 Å². The molecule has 1 N–H and O–H groups in total. The van der Waals surface area contributed by atoms with Gasteiger partial charge in [0.25, 0.3) is 0 Å². The molecule has 0 saturated heterocycles. The van der Waals surface area contributed by atoms with E-state index >= 15 is 0 Å². The van der Waals surface area contributed by atoms with Gasteiger partial charge in [-0.25, -0.2) is 0 Å². The zero-order valence-electron chi connectivity index (χ0n) is 9.21. The Bertz CT molecular complexity index is 510. The highest BCUT2D eigenvalue weighted by Crippen LogP contribution is 2.39. The molecule has 0 spiro atoms. The topological polar surface area (TPSA) is 47.6 Å². The molecule has 1 aliphatic heterocycles. The number of ether oxygens (including phenoxy) is 2. The number of alkyl halides is 3. The highest BCUT2D eigenvalue weighted by molar-refractivity contribution is 8.00. The number of benzene rings is 1. The van der Waals surface area contributed by atoms with Crippen molar-refractivity contribution in [3.05, 3.63) is 17.2 Å². The molecule has 0 saturated carbocycles. The monoisotopic (exact) mass is 313 g/mol. The van der Waals surface area contributed by atoms with Gasteiger partial charge in [0.1, 0.15) is 0 Å². The standard InChI is InChI=1S/C10H7ClF3NO3S/c11-5-1-7-8(18-4-17-7)2-6(5)15-9(16)3-19-10(12,13)14/h1-2H,3-4H2,(H,15,16). The van der Waals surface area contributed by atoms with E-state index in [1.165, 1.54) is 12.1 Å². The van der Waals surface area contributed by atoms with E-state index in [4.69, 9.17) is 21.1 Å². The van der Waals surface area contributed by atoms with E-state index in [2.05, 4.69) is 5.32 Å². The maximum Gasteiger partial charge on any atom is 0.442 e. The first-order chi connectivity index (χ1) is 8.85. The number of halogens is 4. The van der Waals surface area contributed by atoms with Gasteiger partial charge in [0.2, 0.25) is 12.7 Å². The largest absolute Gasteiger partial charge is 0.454 e. The highest BCUT2D eigenvalue weighted by atomic mass is 35.5. The van der Waals surface area contributed by atoms with Gasteiger partial charge < -0.3 is 14.8 Å². The number of amides is 1. The van der Waals surface area contributed by atoms with E-state index in [1.54, 1.807) is 0 Å². The molecule has 0 fully saturated rings. The zero-order chi connectivity index (χ0) is 14.0. The quantitative estimate of drug-likeness (QED) is 0.930. The van der Waals surface area contributed by atoms with E-state index in [0.29, 0.717) is 11.5 Å². The van der Waals surface area contributed by atoms with Crippen molar-refractivity contribution in [1.82, 2.24) is 0 Å². The molecule has 1 aromatic rings. The van der Waals surface area contributed by atoms with E-state index in [-0.39, 0.29) is 17.5 Å². The second kappa shape index (κ2) is 5.38. The molecule has 0 atom stereocenters.